The van der Waals surface area contributed by atoms with E-state index in [-0.39, 0.29) is 0 Å². The van der Waals surface area contributed by atoms with Crippen molar-refractivity contribution < 1.29 is 0 Å². The summed E-state index contributed by atoms with van der Waals surface area (Å²) in [4.78, 5) is 1.38. The van der Waals surface area contributed by atoms with E-state index < -0.39 is 0 Å². The lowest BCUT2D eigenvalue weighted by atomic mass is 10.1. The monoisotopic (exact) mass is 212 g/mol. The van der Waals surface area contributed by atoms with Crippen LogP contribution in [0.3, 0.4) is 0 Å². The van der Waals surface area contributed by atoms with Gasteiger partial charge in [0.2, 0.25) is 0 Å². The third-order valence-corrected chi connectivity index (χ3v) is 3.82. The fourth-order valence-corrected chi connectivity index (χ4v) is 2.73. The number of rotatable bonds is 3. The maximum Gasteiger partial charge on any atom is 0.0317 e. The van der Waals surface area contributed by atoms with E-state index in [0.717, 1.165) is 11.6 Å². The molecule has 2 heteroatoms. The Balaban J connectivity index is 2.12. The summed E-state index contributed by atoms with van der Waals surface area (Å²) in [5, 5.41) is 0. The van der Waals surface area contributed by atoms with Crippen LogP contribution >= 0.6 is 23.4 Å². The Bertz CT molecular complexity index is 296. The molecule has 0 amide bonds. The molecule has 2 rings (SSSR count). The van der Waals surface area contributed by atoms with Gasteiger partial charge in [0.15, 0.2) is 0 Å². The first-order valence-electron chi connectivity index (χ1n) is 4.71. The van der Waals surface area contributed by atoms with E-state index in [4.69, 9.17) is 11.6 Å². The van der Waals surface area contributed by atoms with Gasteiger partial charge in [0.05, 0.1) is 0 Å². The van der Waals surface area contributed by atoms with Crippen molar-refractivity contribution in [1.82, 2.24) is 0 Å². The average Bonchev–Trinajstić information content (AvgIpc) is 2.61. The summed E-state index contributed by atoms with van der Waals surface area (Å²) in [7, 11) is 0. The van der Waals surface area contributed by atoms with Crippen molar-refractivity contribution in [3.8, 4) is 0 Å². The lowest BCUT2D eigenvalue weighted by Gasteiger charge is -2.02. The molecule has 0 saturated carbocycles. The van der Waals surface area contributed by atoms with Crippen molar-refractivity contribution >= 4 is 23.4 Å². The summed E-state index contributed by atoms with van der Waals surface area (Å²) in [6, 6.07) is 6.83. The predicted octanol–water partition coefficient (Wildman–Crippen LogP) is 3.51. The maximum atomic E-state index is 5.65. The van der Waals surface area contributed by atoms with Gasteiger partial charge in [-0.15, -0.1) is 23.4 Å². The summed E-state index contributed by atoms with van der Waals surface area (Å²) in [6.45, 7) is 0. The van der Waals surface area contributed by atoms with Crippen molar-refractivity contribution in [2.45, 2.75) is 24.2 Å². The molecule has 70 valence electrons. The van der Waals surface area contributed by atoms with Gasteiger partial charge in [0, 0.05) is 16.5 Å². The van der Waals surface area contributed by atoms with Crippen molar-refractivity contribution in [1.29, 1.82) is 0 Å². The van der Waals surface area contributed by atoms with Crippen molar-refractivity contribution in [3.05, 3.63) is 29.3 Å². The first-order chi connectivity index (χ1) is 6.40. The Kier molecular flexibility index (Phi) is 3.18. The number of aryl methyl sites for hydroxylation is 2. The highest BCUT2D eigenvalue weighted by atomic mass is 35.5. The van der Waals surface area contributed by atoms with Gasteiger partial charge in [0.1, 0.15) is 0 Å². The van der Waals surface area contributed by atoms with Gasteiger partial charge < -0.3 is 0 Å². The zero-order chi connectivity index (χ0) is 9.10. The molecule has 0 spiro atoms. The second kappa shape index (κ2) is 4.39. The second-order valence-corrected chi connectivity index (χ2v) is 4.87. The minimum atomic E-state index is 0.738. The van der Waals surface area contributed by atoms with Gasteiger partial charge in [0.25, 0.3) is 0 Å². The average molecular weight is 213 g/mol. The molecule has 0 N–H and O–H groups in total. The molecule has 0 atom stereocenters. The minimum Gasteiger partial charge on any atom is -0.126 e. The Morgan fingerprint density at radius 1 is 1.23 bits per heavy atom. The Morgan fingerprint density at radius 3 is 2.92 bits per heavy atom. The number of fused-ring (bicyclic) bond motifs is 1. The number of hydrogen-bond donors (Lipinski definition) is 0. The van der Waals surface area contributed by atoms with Crippen LogP contribution in [0.25, 0.3) is 0 Å². The van der Waals surface area contributed by atoms with E-state index >= 15 is 0 Å². The van der Waals surface area contributed by atoms with E-state index in [1.807, 2.05) is 11.8 Å². The molecule has 1 aliphatic carbocycles. The fraction of sp³-hybridized carbons (Fsp3) is 0.455. The molecule has 1 aliphatic rings. The molecule has 0 heterocycles. The maximum absolute atomic E-state index is 5.65. The van der Waals surface area contributed by atoms with E-state index in [0.29, 0.717) is 0 Å². The third-order valence-electron chi connectivity index (χ3n) is 2.42. The largest absolute Gasteiger partial charge is 0.126 e. The van der Waals surface area contributed by atoms with Crippen molar-refractivity contribution in [2.75, 3.05) is 11.6 Å². The van der Waals surface area contributed by atoms with E-state index in [9.17, 15) is 0 Å². The van der Waals surface area contributed by atoms with Gasteiger partial charge in [-0.2, -0.15) is 0 Å². The van der Waals surface area contributed by atoms with Crippen LogP contribution in [0.15, 0.2) is 23.1 Å². The highest BCUT2D eigenvalue weighted by Crippen LogP contribution is 2.27. The molecule has 0 unspecified atom stereocenters. The van der Waals surface area contributed by atoms with Crippen LogP contribution < -0.4 is 0 Å². The lowest BCUT2D eigenvalue weighted by molar-refractivity contribution is 0.911. The van der Waals surface area contributed by atoms with Crippen LogP contribution in [-0.4, -0.2) is 11.6 Å². The second-order valence-electron chi connectivity index (χ2n) is 3.32. The Hall–Kier alpha value is -0.140. The van der Waals surface area contributed by atoms with Gasteiger partial charge >= 0.3 is 0 Å². The van der Waals surface area contributed by atoms with Gasteiger partial charge in [-0.1, -0.05) is 6.07 Å². The van der Waals surface area contributed by atoms with Crippen LogP contribution in [0.1, 0.15) is 17.5 Å². The Labute approximate surface area is 88.7 Å². The van der Waals surface area contributed by atoms with Crippen LogP contribution in [0.2, 0.25) is 0 Å². The van der Waals surface area contributed by atoms with Crippen LogP contribution in [-0.2, 0) is 12.8 Å². The van der Waals surface area contributed by atoms with E-state index in [1.54, 1.807) is 11.1 Å². The molecule has 0 radical (unpaired) electrons. The lowest BCUT2D eigenvalue weighted by Crippen LogP contribution is -1.84. The SMILES string of the molecule is ClCCSc1ccc2c(c1)CCC2. The topological polar surface area (TPSA) is 0 Å². The number of alkyl halides is 1. The van der Waals surface area contributed by atoms with Crippen LogP contribution in [0.5, 0.6) is 0 Å². The molecule has 1 aromatic rings. The molecule has 0 saturated heterocycles. The summed E-state index contributed by atoms with van der Waals surface area (Å²) in [5.41, 5.74) is 3.11. The quantitative estimate of drug-likeness (QED) is 0.546. The summed E-state index contributed by atoms with van der Waals surface area (Å²) in [5.74, 6) is 1.75. The number of hydrogen-bond acceptors (Lipinski definition) is 1. The number of halogens is 1. The van der Waals surface area contributed by atoms with Crippen LogP contribution in [0, 0.1) is 0 Å². The van der Waals surface area contributed by atoms with Gasteiger partial charge in [-0.05, 0) is 42.5 Å². The van der Waals surface area contributed by atoms with E-state index in [1.165, 1.54) is 24.2 Å². The summed E-state index contributed by atoms with van der Waals surface area (Å²) >= 11 is 7.50. The highest BCUT2D eigenvalue weighted by molar-refractivity contribution is 7.99. The summed E-state index contributed by atoms with van der Waals surface area (Å²) in [6.07, 6.45) is 3.87. The zero-order valence-electron chi connectivity index (χ0n) is 7.55. The fourth-order valence-electron chi connectivity index (χ4n) is 1.79. The first kappa shape index (κ1) is 9.42. The molecule has 0 aliphatic heterocycles. The predicted molar refractivity (Wildman–Crippen MR) is 59.9 cm³/mol. The highest BCUT2D eigenvalue weighted by Gasteiger charge is 2.10. The molecule has 0 nitrogen and oxygen atoms in total. The third kappa shape index (κ3) is 2.21. The molecule has 0 bridgehead atoms. The van der Waals surface area contributed by atoms with E-state index in [2.05, 4.69) is 18.2 Å². The standard InChI is InChI=1S/C11H13ClS/c12-6-7-13-11-5-4-9-2-1-3-10(9)8-11/h4-5,8H,1-3,6-7H2. The minimum absolute atomic E-state index is 0.738. The smallest absolute Gasteiger partial charge is 0.0317 e. The first-order valence-corrected chi connectivity index (χ1v) is 6.23. The zero-order valence-corrected chi connectivity index (χ0v) is 9.13. The molecular formula is C11H13ClS. The van der Waals surface area contributed by atoms with Crippen molar-refractivity contribution in [2.24, 2.45) is 0 Å². The van der Waals surface area contributed by atoms with Crippen LogP contribution in [0.4, 0.5) is 0 Å². The van der Waals surface area contributed by atoms with Gasteiger partial charge in [-0.3, -0.25) is 0 Å². The number of benzene rings is 1. The molecule has 1 aromatic carbocycles. The van der Waals surface area contributed by atoms with Gasteiger partial charge in [-0.25, -0.2) is 0 Å². The molecular weight excluding hydrogens is 200 g/mol. The molecule has 0 fully saturated rings. The van der Waals surface area contributed by atoms with Crippen molar-refractivity contribution in [3.63, 3.8) is 0 Å². The summed E-state index contributed by atoms with van der Waals surface area (Å²) < 4.78 is 0. The molecule has 13 heavy (non-hydrogen) atoms. The normalized spacial score (nSPS) is 14.5. The number of thioether (sulfide) groups is 1. The Morgan fingerprint density at radius 2 is 2.08 bits per heavy atom. The molecule has 0 aromatic heterocycles.